The normalized spacial score (nSPS) is 10.1. The van der Waals surface area contributed by atoms with Crippen LogP contribution < -0.4 is 4.74 Å². The van der Waals surface area contributed by atoms with Gasteiger partial charge in [-0.1, -0.05) is 12.1 Å². The summed E-state index contributed by atoms with van der Waals surface area (Å²) in [4.78, 5) is 16.2. The minimum Gasteiger partial charge on any atom is -0.493 e. The number of hydrogen-bond donors (Lipinski definition) is 0. The Labute approximate surface area is 102 Å². The molecule has 0 heterocycles. The van der Waals surface area contributed by atoms with Gasteiger partial charge in [-0.15, -0.1) is 0 Å². The van der Waals surface area contributed by atoms with E-state index in [0.29, 0.717) is 13.0 Å². The van der Waals surface area contributed by atoms with Crippen LogP contribution in [-0.2, 0) is 9.63 Å². The van der Waals surface area contributed by atoms with E-state index in [4.69, 9.17) is 9.57 Å². The van der Waals surface area contributed by atoms with E-state index < -0.39 is 0 Å². The van der Waals surface area contributed by atoms with E-state index >= 15 is 0 Å². The highest BCUT2D eigenvalue weighted by Gasteiger charge is 2.08. The minimum absolute atomic E-state index is 0.0993. The molecule has 0 aliphatic rings. The van der Waals surface area contributed by atoms with Gasteiger partial charge in [0.15, 0.2) is 0 Å². The van der Waals surface area contributed by atoms with E-state index in [0.717, 1.165) is 16.9 Å². The van der Waals surface area contributed by atoms with Crippen molar-refractivity contribution in [3.63, 3.8) is 0 Å². The molecule has 4 heteroatoms. The monoisotopic (exact) mass is 237 g/mol. The standard InChI is InChI=1S/C13H19NO3/c1-10-5-6-11(2)12(9-10)17-8-7-13(15)14(3)16-4/h5-6,9H,7-8H2,1-4H3. The first-order chi connectivity index (χ1) is 8.04. The Balaban J connectivity index is 2.46. The minimum atomic E-state index is -0.0993. The fourth-order valence-corrected chi connectivity index (χ4v) is 1.37. The Morgan fingerprint density at radius 3 is 2.71 bits per heavy atom. The van der Waals surface area contributed by atoms with Crippen LogP contribution in [0.5, 0.6) is 5.75 Å². The molecule has 1 rings (SSSR count). The predicted octanol–water partition coefficient (Wildman–Crippen LogP) is 2.09. The maximum absolute atomic E-state index is 11.4. The molecule has 0 N–H and O–H groups in total. The highest BCUT2D eigenvalue weighted by atomic mass is 16.7. The van der Waals surface area contributed by atoms with Crippen molar-refractivity contribution in [3.8, 4) is 5.75 Å². The molecule has 0 aliphatic heterocycles. The van der Waals surface area contributed by atoms with E-state index in [1.807, 2.05) is 32.0 Å². The molecule has 1 amide bonds. The van der Waals surface area contributed by atoms with Crippen LogP contribution in [0.25, 0.3) is 0 Å². The van der Waals surface area contributed by atoms with Crippen molar-refractivity contribution in [3.05, 3.63) is 29.3 Å². The Bertz CT molecular complexity index is 390. The molecule has 0 unspecified atom stereocenters. The van der Waals surface area contributed by atoms with E-state index in [-0.39, 0.29) is 5.91 Å². The van der Waals surface area contributed by atoms with Gasteiger partial charge in [0.05, 0.1) is 20.1 Å². The second kappa shape index (κ2) is 6.25. The van der Waals surface area contributed by atoms with Crippen molar-refractivity contribution < 1.29 is 14.4 Å². The van der Waals surface area contributed by atoms with Crippen LogP contribution in [0, 0.1) is 13.8 Å². The van der Waals surface area contributed by atoms with Gasteiger partial charge >= 0.3 is 0 Å². The third-order valence-corrected chi connectivity index (χ3v) is 2.54. The number of carbonyl (C=O) groups excluding carboxylic acids is 1. The van der Waals surface area contributed by atoms with E-state index in [2.05, 4.69) is 0 Å². The third-order valence-electron chi connectivity index (χ3n) is 2.54. The predicted molar refractivity (Wildman–Crippen MR) is 65.8 cm³/mol. The van der Waals surface area contributed by atoms with Crippen molar-refractivity contribution in [2.75, 3.05) is 20.8 Å². The van der Waals surface area contributed by atoms with Crippen molar-refractivity contribution in [1.82, 2.24) is 5.06 Å². The number of rotatable bonds is 5. The molecule has 0 radical (unpaired) electrons. The zero-order valence-corrected chi connectivity index (χ0v) is 10.8. The topological polar surface area (TPSA) is 38.8 Å². The van der Waals surface area contributed by atoms with Crippen LogP contribution in [0.3, 0.4) is 0 Å². The summed E-state index contributed by atoms with van der Waals surface area (Å²) >= 11 is 0. The van der Waals surface area contributed by atoms with Crippen molar-refractivity contribution in [1.29, 1.82) is 0 Å². The van der Waals surface area contributed by atoms with E-state index in [9.17, 15) is 4.79 Å². The first-order valence-corrected chi connectivity index (χ1v) is 5.55. The van der Waals surface area contributed by atoms with Crippen LogP contribution in [-0.4, -0.2) is 31.7 Å². The average molecular weight is 237 g/mol. The van der Waals surface area contributed by atoms with Gasteiger partial charge in [0.1, 0.15) is 5.75 Å². The number of nitrogens with zero attached hydrogens (tertiary/aromatic N) is 1. The van der Waals surface area contributed by atoms with Crippen molar-refractivity contribution >= 4 is 5.91 Å². The molecule has 0 saturated carbocycles. The lowest BCUT2D eigenvalue weighted by molar-refractivity contribution is -0.169. The summed E-state index contributed by atoms with van der Waals surface area (Å²) in [5.74, 6) is 0.732. The molecule has 0 aliphatic carbocycles. The summed E-state index contributed by atoms with van der Waals surface area (Å²) in [5.41, 5.74) is 2.22. The van der Waals surface area contributed by atoms with Crippen molar-refractivity contribution in [2.24, 2.45) is 0 Å². The molecule has 4 nitrogen and oxygen atoms in total. The van der Waals surface area contributed by atoms with Gasteiger partial charge in [-0.3, -0.25) is 9.63 Å². The molecule has 0 bridgehead atoms. The molecule has 0 aromatic heterocycles. The fourth-order valence-electron chi connectivity index (χ4n) is 1.37. The highest BCUT2D eigenvalue weighted by Crippen LogP contribution is 2.19. The van der Waals surface area contributed by atoms with Gasteiger partial charge in [0, 0.05) is 7.05 Å². The Morgan fingerprint density at radius 1 is 1.35 bits per heavy atom. The molecule has 94 valence electrons. The molecule has 1 aromatic rings. The molecular formula is C13H19NO3. The quantitative estimate of drug-likeness (QED) is 0.736. The fraction of sp³-hybridized carbons (Fsp3) is 0.462. The first-order valence-electron chi connectivity index (χ1n) is 5.55. The Hall–Kier alpha value is -1.55. The summed E-state index contributed by atoms with van der Waals surface area (Å²) in [6.45, 7) is 4.35. The molecule has 0 fully saturated rings. The third kappa shape index (κ3) is 4.07. The summed E-state index contributed by atoms with van der Waals surface area (Å²) < 4.78 is 5.58. The van der Waals surface area contributed by atoms with Gasteiger partial charge in [-0.05, 0) is 31.0 Å². The molecular weight excluding hydrogens is 218 g/mol. The lowest BCUT2D eigenvalue weighted by Crippen LogP contribution is -2.26. The van der Waals surface area contributed by atoms with Gasteiger partial charge in [-0.2, -0.15) is 0 Å². The lowest BCUT2D eigenvalue weighted by atomic mass is 10.1. The zero-order valence-electron chi connectivity index (χ0n) is 10.8. The SMILES string of the molecule is CON(C)C(=O)CCOc1cc(C)ccc1C. The lowest BCUT2D eigenvalue weighted by Gasteiger charge is -2.14. The molecule has 0 spiro atoms. The van der Waals surface area contributed by atoms with Gasteiger partial charge in [0.2, 0.25) is 5.91 Å². The maximum atomic E-state index is 11.4. The van der Waals surface area contributed by atoms with Crippen LogP contribution in [0.15, 0.2) is 18.2 Å². The second-order valence-corrected chi connectivity index (χ2v) is 3.94. The summed E-state index contributed by atoms with van der Waals surface area (Å²) in [6, 6.07) is 6.01. The Kier molecular flexibility index (Phi) is 4.97. The zero-order chi connectivity index (χ0) is 12.8. The van der Waals surface area contributed by atoms with Gasteiger partial charge < -0.3 is 4.74 Å². The first kappa shape index (κ1) is 13.5. The number of carbonyl (C=O) groups is 1. The maximum Gasteiger partial charge on any atom is 0.249 e. The number of aryl methyl sites for hydroxylation is 2. The Morgan fingerprint density at radius 2 is 2.06 bits per heavy atom. The van der Waals surface area contributed by atoms with Crippen LogP contribution >= 0.6 is 0 Å². The summed E-state index contributed by atoms with van der Waals surface area (Å²) in [6.07, 6.45) is 0.303. The number of hydrogen-bond acceptors (Lipinski definition) is 3. The van der Waals surface area contributed by atoms with Gasteiger partial charge in [-0.25, -0.2) is 5.06 Å². The summed E-state index contributed by atoms with van der Waals surface area (Å²) in [5, 5.41) is 1.20. The molecule has 1 aromatic carbocycles. The summed E-state index contributed by atoms with van der Waals surface area (Å²) in [7, 11) is 3.05. The van der Waals surface area contributed by atoms with E-state index in [1.165, 1.54) is 12.2 Å². The molecule has 17 heavy (non-hydrogen) atoms. The number of benzene rings is 1. The van der Waals surface area contributed by atoms with Crippen LogP contribution in [0.2, 0.25) is 0 Å². The van der Waals surface area contributed by atoms with Crippen molar-refractivity contribution in [2.45, 2.75) is 20.3 Å². The largest absolute Gasteiger partial charge is 0.493 e. The average Bonchev–Trinajstić information content (AvgIpc) is 2.32. The van der Waals surface area contributed by atoms with Gasteiger partial charge in [0.25, 0.3) is 0 Å². The highest BCUT2D eigenvalue weighted by molar-refractivity contribution is 5.74. The van der Waals surface area contributed by atoms with Crippen LogP contribution in [0.1, 0.15) is 17.5 Å². The number of amides is 1. The molecule has 0 saturated heterocycles. The van der Waals surface area contributed by atoms with Crippen LogP contribution in [0.4, 0.5) is 0 Å². The number of hydroxylamine groups is 2. The molecule has 0 atom stereocenters. The second-order valence-electron chi connectivity index (χ2n) is 3.94. The number of ether oxygens (including phenoxy) is 1. The van der Waals surface area contributed by atoms with E-state index in [1.54, 1.807) is 7.05 Å². The smallest absolute Gasteiger partial charge is 0.249 e.